The van der Waals surface area contributed by atoms with Gasteiger partial charge in [-0.2, -0.15) is 4.68 Å². The van der Waals surface area contributed by atoms with E-state index in [-0.39, 0.29) is 12.5 Å². The molecule has 7 nitrogen and oxygen atoms in total. The number of benzene rings is 1. The lowest BCUT2D eigenvalue weighted by molar-refractivity contribution is -0.144. The Kier molecular flexibility index (Phi) is 4.78. The van der Waals surface area contributed by atoms with Gasteiger partial charge in [0.25, 0.3) is 0 Å². The molecule has 0 fully saturated rings. The quantitative estimate of drug-likeness (QED) is 0.721. The second kappa shape index (κ2) is 6.76. The highest BCUT2D eigenvalue weighted by atomic mass is 16.5. The Morgan fingerprint density at radius 1 is 1.35 bits per heavy atom. The molecule has 0 aliphatic carbocycles. The van der Waals surface area contributed by atoms with E-state index >= 15 is 0 Å². The van der Waals surface area contributed by atoms with E-state index in [0.717, 1.165) is 5.69 Å². The van der Waals surface area contributed by atoms with E-state index in [1.54, 1.807) is 11.6 Å². The Hall–Kier alpha value is -2.28. The number of hydrogen-bond donors (Lipinski definition) is 0. The van der Waals surface area contributed by atoms with E-state index < -0.39 is 0 Å². The largest absolute Gasteiger partial charge is 0.465 e. The fourth-order valence-electron chi connectivity index (χ4n) is 1.80. The molecule has 0 saturated heterocycles. The van der Waals surface area contributed by atoms with Crippen LogP contribution in [0.15, 0.2) is 30.3 Å². The summed E-state index contributed by atoms with van der Waals surface area (Å²) in [6.07, 6.45) is 0. The maximum Gasteiger partial charge on any atom is 0.320 e. The lowest BCUT2D eigenvalue weighted by Gasteiger charge is -2.14. The van der Waals surface area contributed by atoms with Gasteiger partial charge in [0.1, 0.15) is 0 Å². The number of para-hydroxylation sites is 1. The second-order valence-corrected chi connectivity index (χ2v) is 4.32. The van der Waals surface area contributed by atoms with Gasteiger partial charge in [-0.1, -0.05) is 18.2 Å². The first-order chi connectivity index (χ1) is 9.70. The second-order valence-electron chi connectivity index (χ2n) is 4.32. The van der Waals surface area contributed by atoms with E-state index in [4.69, 9.17) is 4.74 Å². The standard InChI is InChI=1S/C13H17N5O2/c1-3-20-13(19)10-17(2)9-12-14-15-16-18(12)11-7-5-4-6-8-11/h4-8H,3,9-10H2,1-2H3. The summed E-state index contributed by atoms with van der Waals surface area (Å²) in [5.41, 5.74) is 0.886. The van der Waals surface area contributed by atoms with Crippen LogP contribution in [0.1, 0.15) is 12.7 Å². The molecule has 0 aliphatic rings. The van der Waals surface area contributed by atoms with Crippen molar-refractivity contribution < 1.29 is 9.53 Å². The molecular formula is C13H17N5O2. The van der Waals surface area contributed by atoms with Gasteiger partial charge < -0.3 is 4.74 Å². The maximum absolute atomic E-state index is 11.4. The highest BCUT2D eigenvalue weighted by Crippen LogP contribution is 2.08. The molecule has 1 aromatic heterocycles. The molecule has 0 amide bonds. The monoisotopic (exact) mass is 275 g/mol. The van der Waals surface area contributed by atoms with Crippen molar-refractivity contribution in [3.8, 4) is 5.69 Å². The lowest BCUT2D eigenvalue weighted by atomic mass is 10.3. The van der Waals surface area contributed by atoms with Gasteiger partial charge in [-0.15, -0.1) is 5.10 Å². The minimum absolute atomic E-state index is 0.204. The first-order valence-electron chi connectivity index (χ1n) is 6.37. The Morgan fingerprint density at radius 2 is 2.10 bits per heavy atom. The summed E-state index contributed by atoms with van der Waals surface area (Å²) in [4.78, 5) is 13.2. The van der Waals surface area contributed by atoms with Crippen molar-refractivity contribution in [2.24, 2.45) is 0 Å². The van der Waals surface area contributed by atoms with Gasteiger partial charge in [0.2, 0.25) is 0 Å². The summed E-state index contributed by atoms with van der Waals surface area (Å²) in [6, 6.07) is 9.61. The van der Waals surface area contributed by atoms with Crippen molar-refractivity contribution in [1.82, 2.24) is 25.1 Å². The zero-order chi connectivity index (χ0) is 14.4. The van der Waals surface area contributed by atoms with Crippen molar-refractivity contribution in [2.75, 3.05) is 20.2 Å². The van der Waals surface area contributed by atoms with Gasteiger partial charge in [-0.05, 0) is 36.5 Å². The smallest absolute Gasteiger partial charge is 0.320 e. The third-order valence-corrected chi connectivity index (χ3v) is 2.65. The highest BCUT2D eigenvalue weighted by molar-refractivity contribution is 5.71. The van der Waals surface area contributed by atoms with Crippen molar-refractivity contribution in [1.29, 1.82) is 0 Å². The molecule has 0 saturated carbocycles. The molecule has 0 N–H and O–H groups in total. The Morgan fingerprint density at radius 3 is 2.80 bits per heavy atom. The van der Waals surface area contributed by atoms with Gasteiger partial charge in [0.05, 0.1) is 25.4 Å². The number of carbonyl (C=O) groups excluding carboxylic acids is 1. The molecule has 1 heterocycles. The van der Waals surface area contributed by atoms with Crippen LogP contribution in [-0.4, -0.2) is 51.3 Å². The number of likely N-dealkylation sites (N-methyl/N-ethyl adjacent to an activating group) is 1. The first-order valence-corrected chi connectivity index (χ1v) is 6.37. The molecule has 0 radical (unpaired) electrons. The van der Waals surface area contributed by atoms with E-state index in [2.05, 4.69) is 15.5 Å². The molecule has 0 bridgehead atoms. The third kappa shape index (κ3) is 3.61. The Balaban J connectivity index is 2.04. The van der Waals surface area contributed by atoms with Crippen LogP contribution in [0.4, 0.5) is 0 Å². The predicted octanol–water partition coefficient (Wildman–Crippen LogP) is 0.657. The van der Waals surface area contributed by atoms with Crippen molar-refractivity contribution in [3.63, 3.8) is 0 Å². The average molecular weight is 275 g/mol. The number of aromatic nitrogens is 4. The zero-order valence-corrected chi connectivity index (χ0v) is 11.6. The summed E-state index contributed by atoms with van der Waals surface area (Å²) in [7, 11) is 1.82. The number of esters is 1. The molecule has 20 heavy (non-hydrogen) atoms. The molecule has 106 valence electrons. The number of ether oxygens (including phenoxy) is 1. The van der Waals surface area contributed by atoms with Crippen molar-refractivity contribution >= 4 is 5.97 Å². The van der Waals surface area contributed by atoms with Crippen LogP contribution < -0.4 is 0 Å². The van der Waals surface area contributed by atoms with Crippen molar-refractivity contribution in [2.45, 2.75) is 13.5 Å². The van der Waals surface area contributed by atoms with Crippen LogP contribution in [-0.2, 0) is 16.1 Å². The minimum atomic E-state index is -0.256. The van der Waals surface area contributed by atoms with E-state index in [9.17, 15) is 4.79 Å². The SMILES string of the molecule is CCOC(=O)CN(C)Cc1nnnn1-c1ccccc1. The normalized spacial score (nSPS) is 10.8. The Labute approximate surface area is 117 Å². The lowest BCUT2D eigenvalue weighted by Crippen LogP contribution is -2.28. The fraction of sp³-hybridized carbons (Fsp3) is 0.385. The third-order valence-electron chi connectivity index (χ3n) is 2.65. The van der Waals surface area contributed by atoms with Crippen LogP contribution in [0.2, 0.25) is 0 Å². The molecule has 7 heteroatoms. The van der Waals surface area contributed by atoms with Gasteiger partial charge in [0.15, 0.2) is 5.82 Å². The van der Waals surface area contributed by atoms with Crippen LogP contribution >= 0.6 is 0 Å². The molecular weight excluding hydrogens is 258 g/mol. The zero-order valence-electron chi connectivity index (χ0n) is 11.6. The van der Waals surface area contributed by atoms with Crippen LogP contribution in [0.25, 0.3) is 5.69 Å². The molecule has 0 atom stereocenters. The van der Waals surface area contributed by atoms with E-state index in [0.29, 0.717) is 19.0 Å². The topological polar surface area (TPSA) is 73.1 Å². The average Bonchev–Trinajstić information content (AvgIpc) is 2.87. The van der Waals surface area contributed by atoms with Gasteiger partial charge in [-0.3, -0.25) is 9.69 Å². The maximum atomic E-state index is 11.4. The fourth-order valence-corrected chi connectivity index (χ4v) is 1.80. The van der Waals surface area contributed by atoms with Crippen molar-refractivity contribution in [3.05, 3.63) is 36.2 Å². The van der Waals surface area contributed by atoms with Gasteiger partial charge in [0, 0.05) is 0 Å². The number of hydrogen-bond acceptors (Lipinski definition) is 6. The molecule has 0 aliphatic heterocycles. The molecule has 0 spiro atoms. The summed E-state index contributed by atoms with van der Waals surface area (Å²) < 4.78 is 6.56. The Bertz CT molecular complexity index is 555. The number of nitrogens with zero attached hydrogens (tertiary/aromatic N) is 5. The minimum Gasteiger partial charge on any atom is -0.465 e. The van der Waals surface area contributed by atoms with Crippen LogP contribution in [0, 0.1) is 0 Å². The van der Waals surface area contributed by atoms with E-state index in [1.165, 1.54) is 0 Å². The van der Waals surface area contributed by atoms with Gasteiger partial charge in [-0.25, -0.2) is 0 Å². The summed E-state index contributed by atoms with van der Waals surface area (Å²) >= 11 is 0. The molecule has 2 aromatic rings. The predicted molar refractivity (Wildman–Crippen MR) is 72.1 cm³/mol. The molecule has 2 rings (SSSR count). The molecule has 1 aromatic carbocycles. The summed E-state index contributed by atoms with van der Waals surface area (Å²) in [5.74, 6) is 0.414. The summed E-state index contributed by atoms with van der Waals surface area (Å²) in [6.45, 7) is 2.83. The van der Waals surface area contributed by atoms with Crippen LogP contribution in [0.3, 0.4) is 0 Å². The number of carbonyl (C=O) groups is 1. The number of rotatable bonds is 6. The van der Waals surface area contributed by atoms with Crippen LogP contribution in [0.5, 0.6) is 0 Å². The van der Waals surface area contributed by atoms with Gasteiger partial charge >= 0.3 is 5.97 Å². The number of tetrazole rings is 1. The van der Waals surface area contributed by atoms with E-state index in [1.807, 2.05) is 42.3 Å². The highest BCUT2D eigenvalue weighted by Gasteiger charge is 2.13. The summed E-state index contributed by atoms with van der Waals surface area (Å²) in [5, 5.41) is 11.6. The first kappa shape index (κ1) is 14.1. The molecule has 0 unspecified atom stereocenters.